The lowest BCUT2D eigenvalue weighted by Crippen LogP contribution is -2.46. The average molecular weight is 395 g/mol. The molecule has 6 nitrogen and oxygen atoms in total. The van der Waals surface area contributed by atoms with E-state index in [-0.39, 0.29) is 11.5 Å². The van der Waals surface area contributed by atoms with Crippen LogP contribution in [0, 0.1) is 11.6 Å². The third-order valence-corrected chi connectivity index (χ3v) is 4.75. The van der Waals surface area contributed by atoms with E-state index in [1.165, 1.54) is 18.2 Å². The monoisotopic (exact) mass is 395 g/mol. The number of carbonyl (C=O) groups excluding carboxylic acids is 1. The van der Waals surface area contributed by atoms with E-state index >= 15 is 0 Å². The van der Waals surface area contributed by atoms with Crippen LogP contribution in [0.4, 0.5) is 26.2 Å². The summed E-state index contributed by atoms with van der Waals surface area (Å²) in [5, 5.41) is 2.76. The number of rotatable bonds is 5. The molecule has 2 heterocycles. The fourth-order valence-electron chi connectivity index (χ4n) is 3.17. The first-order valence-electron chi connectivity index (χ1n) is 9.24. The smallest absolute Gasteiger partial charge is 0.228 e. The Morgan fingerprint density at radius 2 is 1.59 bits per heavy atom. The number of benzene rings is 2. The summed E-state index contributed by atoms with van der Waals surface area (Å²) < 4.78 is 28.2. The molecule has 1 saturated heterocycles. The summed E-state index contributed by atoms with van der Waals surface area (Å²) >= 11 is 0. The second-order valence-electron chi connectivity index (χ2n) is 6.65. The highest BCUT2D eigenvalue weighted by atomic mass is 19.1. The second kappa shape index (κ2) is 8.22. The summed E-state index contributed by atoms with van der Waals surface area (Å²) in [4.78, 5) is 23.7. The van der Waals surface area contributed by atoms with Crippen molar-refractivity contribution in [3.8, 4) is 11.3 Å². The van der Waals surface area contributed by atoms with Crippen molar-refractivity contribution >= 4 is 23.9 Å². The van der Waals surface area contributed by atoms with Gasteiger partial charge in [0.2, 0.25) is 12.4 Å². The third kappa shape index (κ3) is 4.16. The minimum Gasteiger partial charge on any atom is -0.342 e. The zero-order chi connectivity index (χ0) is 20.2. The number of para-hydroxylation sites is 1. The van der Waals surface area contributed by atoms with Crippen LogP contribution in [0.15, 0.2) is 54.6 Å². The topological polar surface area (TPSA) is 61.4 Å². The number of anilines is 3. The summed E-state index contributed by atoms with van der Waals surface area (Å²) in [5.41, 5.74) is 1.23. The van der Waals surface area contributed by atoms with Crippen molar-refractivity contribution in [2.24, 2.45) is 0 Å². The number of hydrogen-bond acceptors (Lipinski definition) is 5. The number of piperazine rings is 1. The van der Waals surface area contributed by atoms with Crippen LogP contribution in [-0.2, 0) is 4.79 Å². The number of aromatic nitrogens is 2. The highest BCUT2D eigenvalue weighted by molar-refractivity contribution is 5.68. The Balaban J connectivity index is 1.71. The predicted molar refractivity (Wildman–Crippen MR) is 107 cm³/mol. The van der Waals surface area contributed by atoms with Gasteiger partial charge >= 0.3 is 0 Å². The molecule has 1 aliphatic rings. The molecule has 1 aliphatic heterocycles. The molecule has 0 aliphatic carbocycles. The maximum absolute atomic E-state index is 14.1. The van der Waals surface area contributed by atoms with Gasteiger partial charge in [0.25, 0.3) is 0 Å². The van der Waals surface area contributed by atoms with E-state index in [4.69, 9.17) is 0 Å². The van der Waals surface area contributed by atoms with Gasteiger partial charge in [-0.25, -0.2) is 13.8 Å². The number of hydrogen-bond donors (Lipinski definition) is 1. The van der Waals surface area contributed by atoms with Gasteiger partial charge < -0.3 is 15.1 Å². The van der Waals surface area contributed by atoms with Gasteiger partial charge in [0, 0.05) is 37.8 Å². The quantitative estimate of drug-likeness (QED) is 0.671. The van der Waals surface area contributed by atoms with Crippen molar-refractivity contribution in [2.75, 3.05) is 36.4 Å². The molecule has 0 saturated carbocycles. The average Bonchev–Trinajstić information content (AvgIpc) is 2.77. The molecule has 29 heavy (non-hydrogen) atoms. The maximum Gasteiger partial charge on any atom is 0.228 e. The highest BCUT2D eigenvalue weighted by Crippen LogP contribution is 2.27. The van der Waals surface area contributed by atoms with Gasteiger partial charge in [0.05, 0.1) is 5.69 Å². The zero-order valence-electron chi connectivity index (χ0n) is 15.6. The van der Waals surface area contributed by atoms with Crippen LogP contribution in [0.1, 0.15) is 0 Å². The summed E-state index contributed by atoms with van der Waals surface area (Å²) in [6, 6.07) is 14.8. The van der Waals surface area contributed by atoms with Crippen LogP contribution in [0.5, 0.6) is 0 Å². The lowest BCUT2D eigenvalue weighted by Gasteiger charge is -2.32. The Hall–Kier alpha value is -3.55. The number of carbonyl (C=O) groups is 1. The zero-order valence-corrected chi connectivity index (χ0v) is 15.6. The first kappa shape index (κ1) is 18.8. The third-order valence-electron chi connectivity index (χ3n) is 4.75. The van der Waals surface area contributed by atoms with Gasteiger partial charge in [-0.3, -0.25) is 4.79 Å². The van der Waals surface area contributed by atoms with E-state index < -0.39 is 11.6 Å². The SMILES string of the molecule is O=CN1CCN(c2nc(Nc3c(F)cccc3F)cc(-c3ccccc3)n2)CC1. The van der Waals surface area contributed by atoms with E-state index in [9.17, 15) is 13.6 Å². The van der Waals surface area contributed by atoms with Crippen molar-refractivity contribution in [2.45, 2.75) is 0 Å². The fourth-order valence-corrected chi connectivity index (χ4v) is 3.17. The number of nitrogens with zero attached hydrogens (tertiary/aromatic N) is 4. The van der Waals surface area contributed by atoms with Crippen LogP contribution in [0.25, 0.3) is 11.3 Å². The maximum atomic E-state index is 14.1. The summed E-state index contributed by atoms with van der Waals surface area (Å²) in [7, 11) is 0. The summed E-state index contributed by atoms with van der Waals surface area (Å²) in [5.74, 6) is -0.677. The van der Waals surface area contributed by atoms with Crippen LogP contribution < -0.4 is 10.2 Å². The van der Waals surface area contributed by atoms with Gasteiger partial charge in [0.15, 0.2) is 0 Å². The minimum absolute atomic E-state index is 0.262. The molecule has 3 aromatic rings. The first-order chi connectivity index (χ1) is 14.1. The largest absolute Gasteiger partial charge is 0.342 e. The Labute approximate surface area is 166 Å². The molecule has 2 aromatic carbocycles. The van der Waals surface area contributed by atoms with Gasteiger partial charge in [-0.1, -0.05) is 36.4 Å². The lowest BCUT2D eigenvalue weighted by molar-refractivity contribution is -0.118. The predicted octanol–water partition coefficient (Wildman–Crippen LogP) is 3.44. The molecule has 1 amide bonds. The van der Waals surface area contributed by atoms with Crippen molar-refractivity contribution in [3.63, 3.8) is 0 Å². The minimum atomic E-state index is -0.703. The molecular formula is C21H19F2N5O. The number of nitrogens with one attached hydrogen (secondary N) is 1. The first-order valence-corrected chi connectivity index (χ1v) is 9.24. The van der Waals surface area contributed by atoms with Gasteiger partial charge in [-0.05, 0) is 12.1 Å². The van der Waals surface area contributed by atoms with E-state index in [2.05, 4.69) is 15.3 Å². The lowest BCUT2D eigenvalue weighted by atomic mass is 10.1. The van der Waals surface area contributed by atoms with Crippen molar-refractivity contribution < 1.29 is 13.6 Å². The summed E-state index contributed by atoms with van der Waals surface area (Å²) in [6.45, 7) is 2.27. The highest BCUT2D eigenvalue weighted by Gasteiger charge is 2.20. The molecule has 0 radical (unpaired) electrons. The molecule has 8 heteroatoms. The van der Waals surface area contributed by atoms with Crippen LogP contribution >= 0.6 is 0 Å². The molecule has 0 spiro atoms. The molecule has 1 aromatic heterocycles. The van der Waals surface area contributed by atoms with E-state index in [1.54, 1.807) is 11.0 Å². The van der Waals surface area contributed by atoms with Gasteiger partial charge in [-0.2, -0.15) is 4.98 Å². The van der Waals surface area contributed by atoms with E-state index in [0.29, 0.717) is 37.8 Å². The molecular weight excluding hydrogens is 376 g/mol. The second-order valence-corrected chi connectivity index (χ2v) is 6.65. The van der Waals surface area contributed by atoms with Crippen LogP contribution in [0.2, 0.25) is 0 Å². The molecule has 1 N–H and O–H groups in total. The Kier molecular flexibility index (Phi) is 5.33. The van der Waals surface area contributed by atoms with Crippen LogP contribution in [-0.4, -0.2) is 47.5 Å². The normalized spacial score (nSPS) is 14.0. The van der Waals surface area contributed by atoms with Gasteiger partial charge in [-0.15, -0.1) is 0 Å². The standard InChI is InChI=1S/C21H19F2N5O/c22-16-7-4-8-17(23)20(16)25-19-13-18(15-5-2-1-3-6-15)24-21(26-19)28-11-9-27(14-29)10-12-28/h1-8,13-14H,9-12H2,(H,24,25,26). The van der Waals surface area contributed by atoms with E-state index in [0.717, 1.165) is 12.0 Å². The number of halogens is 2. The molecule has 1 fully saturated rings. The van der Waals surface area contributed by atoms with E-state index in [1.807, 2.05) is 35.2 Å². The van der Waals surface area contributed by atoms with Crippen LogP contribution in [0.3, 0.4) is 0 Å². The molecule has 4 rings (SSSR count). The van der Waals surface area contributed by atoms with Gasteiger partial charge in [0.1, 0.15) is 23.1 Å². The number of amides is 1. The molecule has 148 valence electrons. The fraction of sp³-hybridized carbons (Fsp3) is 0.190. The Morgan fingerprint density at radius 1 is 0.897 bits per heavy atom. The Bertz CT molecular complexity index is 987. The van der Waals surface area contributed by atoms with Crippen molar-refractivity contribution in [3.05, 3.63) is 66.2 Å². The molecule has 0 bridgehead atoms. The van der Waals surface area contributed by atoms with Crippen molar-refractivity contribution in [1.29, 1.82) is 0 Å². The molecule has 0 atom stereocenters. The summed E-state index contributed by atoms with van der Waals surface area (Å²) in [6.07, 6.45) is 0.826. The molecule has 0 unspecified atom stereocenters. The van der Waals surface area contributed by atoms with Crippen molar-refractivity contribution in [1.82, 2.24) is 14.9 Å². The Morgan fingerprint density at radius 3 is 2.24 bits per heavy atom.